The van der Waals surface area contributed by atoms with E-state index in [1.54, 1.807) is 35.2 Å². The van der Waals surface area contributed by atoms with Crippen LogP contribution in [0.3, 0.4) is 0 Å². The van der Waals surface area contributed by atoms with Gasteiger partial charge in [-0.3, -0.25) is 19.5 Å². The largest absolute Gasteiger partial charge is 0.381 e. The Balaban J connectivity index is 1.22. The summed E-state index contributed by atoms with van der Waals surface area (Å²) in [6.45, 7) is 3.00. The van der Waals surface area contributed by atoms with Crippen LogP contribution in [0, 0.1) is 11.8 Å². The topological polar surface area (TPSA) is 84.4 Å². The van der Waals surface area contributed by atoms with Crippen molar-refractivity contribution in [1.29, 1.82) is 0 Å². The van der Waals surface area contributed by atoms with Crippen molar-refractivity contribution in [2.75, 3.05) is 44.7 Å². The third kappa shape index (κ3) is 7.50. The van der Waals surface area contributed by atoms with Gasteiger partial charge in [0.25, 0.3) is 0 Å². The van der Waals surface area contributed by atoms with E-state index in [9.17, 15) is 14.0 Å². The zero-order valence-electron chi connectivity index (χ0n) is 22.4. The fourth-order valence-corrected chi connectivity index (χ4v) is 5.59. The standard InChI is InChI=1S/C31H34ClFN4O3/c32-27-17-34-25(14-26(27)28-7-4-8-31(36-28)35-16-21-9-11-40-12-10-21)15-29(38)23-13-24(33)19-37(18-23)20-30(39)22-5-2-1-3-6-22/h1-8,14,17,21,23-24H,9-13,15-16,18-20H2,(H,35,36)/t23-,24+/m0/s1. The second kappa shape index (κ2) is 13.4. The Morgan fingerprint density at radius 3 is 2.67 bits per heavy atom. The number of carbonyl (C=O) groups excluding carboxylic acids is 2. The number of hydrogen-bond acceptors (Lipinski definition) is 7. The maximum Gasteiger partial charge on any atom is 0.176 e. The molecule has 0 aliphatic carbocycles. The van der Waals surface area contributed by atoms with Crippen molar-refractivity contribution in [2.24, 2.45) is 11.8 Å². The summed E-state index contributed by atoms with van der Waals surface area (Å²) in [4.78, 5) is 36.8. The van der Waals surface area contributed by atoms with Crippen molar-refractivity contribution in [3.05, 3.63) is 77.1 Å². The number of carbonyl (C=O) groups is 2. The zero-order chi connectivity index (χ0) is 27.9. The van der Waals surface area contributed by atoms with Crippen molar-refractivity contribution >= 4 is 29.0 Å². The van der Waals surface area contributed by atoms with E-state index in [4.69, 9.17) is 21.3 Å². The maximum absolute atomic E-state index is 14.6. The molecule has 2 aliphatic rings. The van der Waals surface area contributed by atoms with Crippen LogP contribution in [-0.2, 0) is 16.0 Å². The van der Waals surface area contributed by atoms with Crippen LogP contribution in [0.5, 0.6) is 0 Å². The fourth-order valence-electron chi connectivity index (χ4n) is 5.39. The zero-order valence-corrected chi connectivity index (χ0v) is 23.2. The number of nitrogens with zero attached hydrogens (tertiary/aromatic N) is 3. The molecule has 2 saturated heterocycles. The number of nitrogens with one attached hydrogen (secondary N) is 1. The van der Waals surface area contributed by atoms with Crippen LogP contribution < -0.4 is 5.32 Å². The molecule has 0 unspecified atom stereocenters. The molecule has 0 amide bonds. The molecule has 2 atom stereocenters. The van der Waals surface area contributed by atoms with Gasteiger partial charge < -0.3 is 10.1 Å². The highest BCUT2D eigenvalue weighted by atomic mass is 35.5. The van der Waals surface area contributed by atoms with E-state index >= 15 is 0 Å². The number of benzene rings is 1. The first-order chi connectivity index (χ1) is 19.4. The molecule has 0 saturated carbocycles. The Labute approximate surface area is 239 Å². The minimum atomic E-state index is -1.17. The Hall–Kier alpha value is -3.20. The summed E-state index contributed by atoms with van der Waals surface area (Å²) in [7, 11) is 0. The number of aromatic nitrogens is 2. The van der Waals surface area contributed by atoms with Gasteiger partial charge in [-0.15, -0.1) is 0 Å². The quantitative estimate of drug-likeness (QED) is 0.335. The van der Waals surface area contributed by atoms with Gasteiger partial charge in [-0.2, -0.15) is 0 Å². The number of anilines is 1. The summed E-state index contributed by atoms with van der Waals surface area (Å²) in [5.41, 5.74) is 2.52. The van der Waals surface area contributed by atoms with Crippen LogP contribution in [-0.4, -0.2) is 72.0 Å². The smallest absolute Gasteiger partial charge is 0.176 e. The van der Waals surface area contributed by atoms with Gasteiger partial charge in [-0.1, -0.05) is 48.0 Å². The molecule has 0 spiro atoms. The molecule has 1 aromatic carbocycles. The predicted molar refractivity (Wildman–Crippen MR) is 153 cm³/mol. The molecule has 4 heterocycles. The van der Waals surface area contributed by atoms with Gasteiger partial charge in [0, 0.05) is 68.2 Å². The molecule has 0 radical (unpaired) electrons. The monoisotopic (exact) mass is 564 g/mol. The Morgan fingerprint density at radius 2 is 1.88 bits per heavy atom. The number of pyridine rings is 2. The lowest BCUT2D eigenvalue weighted by molar-refractivity contribution is -0.124. The van der Waals surface area contributed by atoms with Crippen molar-refractivity contribution in [3.8, 4) is 11.3 Å². The number of hydrogen-bond donors (Lipinski definition) is 1. The van der Waals surface area contributed by atoms with Gasteiger partial charge in [0.2, 0.25) is 0 Å². The lowest BCUT2D eigenvalue weighted by atomic mass is 9.90. The highest BCUT2D eigenvalue weighted by Gasteiger charge is 2.32. The van der Waals surface area contributed by atoms with E-state index in [-0.39, 0.29) is 37.5 Å². The second-order valence-electron chi connectivity index (χ2n) is 10.7. The first-order valence-corrected chi connectivity index (χ1v) is 14.2. The SMILES string of the molecule is O=C(CN1C[C@H](F)C[C@H](C(=O)Cc2cc(-c3cccc(NCC4CCOCC4)n3)c(Cl)cn2)C1)c1ccccc1. The molecular weight excluding hydrogens is 531 g/mol. The van der Waals surface area contributed by atoms with Gasteiger partial charge >= 0.3 is 0 Å². The lowest BCUT2D eigenvalue weighted by Gasteiger charge is -2.33. The first kappa shape index (κ1) is 28.3. The number of alkyl halides is 1. The molecular formula is C31H34ClFN4O3. The molecule has 9 heteroatoms. The molecule has 3 aromatic rings. The lowest BCUT2D eigenvalue weighted by Crippen LogP contribution is -2.46. The summed E-state index contributed by atoms with van der Waals surface area (Å²) in [6, 6.07) is 16.5. The molecule has 5 rings (SSSR count). The Morgan fingerprint density at radius 1 is 1.07 bits per heavy atom. The second-order valence-corrected chi connectivity index (χ2v) is 11.1. The van der Waals surface area contributed by atoms with Gasteiger partial charge in [-0.05, 0) is 43.4 Å². The number of halogens is 2. The van der Waals surface area contributed by atoms with E-state index in [0.717, 1.165) is 38.4 Å². The molecule has 7 nitrogen and oxygen atoms in total. The summed E-state index contributed by atoms with van der Waals surface area (Å²) in [5, 5.41) is 3.86. The summed E-state index contributed by atoms with van der Waals surface area (Å²) in [5.74, 6) is 0.624. The number of ketones is 2. The molecule has 40 heavy (non-hydrogen) atoms. The molecule has 210 valence electrons. The summed E-state index contributed by atoms with van der Waals surface area (Å²) < 4.78 is 20.1. The summed E-state index contributed by atoms with van der Waals surface area (Å²) >= 11 is 6.49. The highest BCUT2D eigenvalue weighted by molar-refractivity contribution is 6.33. The average molecular weight is 565 g/mol. The maximum atomic E-state index is 14.6. The minimum absolute atomic E-state index is 0.0592. The molecule has 2 fully saturated rings. The van der Waals surface area contributed by atoms with Crippen LogP contribution in [0.1, 0.15) is 35.3 Å². The number of ether oxygens (including phenoxy) is 1. The third-order valence-corrected chi connectivity index (χ3v) is 7.90. The first-order valence-electron chi connectivity index (χ1n) is 13.9. The van der Waals surface area contributed by atoms with E-state index in [0.29, 0.717) is 40.0 Å². The van der Waals surface area contributed by atoms with Gasteiger partial charge in [0.15, 0.2) is 5.78 Å². The van der Waals surface area contributed by atoms with Crippen molar-refractivity contribution in [2.45, 2.75) is 31.9 Å². The van der Waals surface area contributed by atoms with Gasteiger partial charge in [0.1, 0.15) is 17.8 Å². The van der Waals surface area contributed by atoms with E-state index < -0.39 is 12.1 Å². The molecule has 2 aromatic heterocycles. The van der Waals surface area contributed by atoms with Crippen LogP contribution in [0.25, 0.3) is 11.3 Å². The van der Waals surface area contributed by atoms with E-state index in [1.165, 1.54) is 6.20 Å². The van der Waals surface area contributed by atoms with Crippen molar-refractivity contribution in [3.63, 3.8) is 0 Å². The van der Waals surface area contributed by atoms with Crippen LogP contribution in [0.2, 0.25) is 5.02 Å². The van der Waals surface area contributed by atoms with Gasteiger partial charge in [-0.25, -0.2) is 9.37 Å². The van der Waals surface area contributed by atoms with E-state index in [1.807, 2.05) is 24.3 Å². The number of piperidine rings is 1. The third-order valence-electron chi connectivity index (χ3n) is 7.60. The minimum Gasteiger partial charge on any atom is -0.381 e. The highest BCUT2D eigenvalue weighted by Crippen LogP contribution is 2.29. The van der Waals surface area contributed by atoms with Crippen LogP contribution in [0.15, 0.2) is 60.8 Å². The molecule has 0 bridgehead atoms. The number of Topliss-reactive ketones (excluding diaryl/α,β-unsaturated/α-hetero) is 2. The van der Waals surface area contributed by atoms with Gasteiger partial charge in [0.05, 0.1) is 17.3 Å². The predicted octanol–water partition coefficient (Wildman–Crippen LogP) is 5.29. The molecule has 2 aliphatic heterocycles. The molecule has 1 N–H and O–H groups in total. The van der Waals surface area contributed by atoms with Crippen molar-refractivity contribution in [1.82, 2.24) is 14.9 Å². The number of rotatable bonds is 10. The summed E-state index contributed by atoms with van der Waals surface area (Å²) in [6.07, 6.45) is 2.64. The fraction of sp³-hybridized carbons (Fsp3) is 0.419. The Kier molecular flexibility index (Phi) is 9.52. The van der Waals surface area contributed by atoms with Crippen LogP contribution >= 0.6 is 11.6 Å². The van der Waals surface area contributed by atoms with Crippen molar-refractivity contribution < 1.29 is 18.7 Å². The normalized spacial score (nSPS) is 20.2. The Bertz CT molecular complexity index is 1320. The average Bonchev–Trinajstić information content (AvgIpc) is 2.98. The number of likely N-dealkylation sites (tertiary alicyclic amines) is 1. The van der Waals surface area contributed by atoms with E-state index in [2.05, 4.69) is 10.3 Å². The van der Waals surface area contributed by atoms with Crippen LogP contribution in [0.4, 0.5) is 10.2 Å².